The van der Waals surface area contributed by atoms with Gasteiger partial charge in [-0.05, 0) is 32.4 Å². The third-order valence-electron chi connectivity index (χ3n) is 3.73. The van der Waals surface area contributed by atoms with E-state index in [0.717, 1.165) is 31.5 Å². The Kier molecular flexibility index (Phi) is 5.82. The first-order valence-electron chi connectivity index (χ1n) is 6.82. The van der Waals surface area contributed by atoms with Gasteiger partial charge in [0.2, 0.25) is 0 Å². The normalized spacial score (nSPS) is 16.5. The number of hydrogen-bond acceptors (Lipinski definition) is 3. The lowest BCUT2D eigenvalue weighted by Crippen LogP contribution is -2.51. The van der Waals surface area contributed by atoms with Crippen LogP contribution >= 0.6 is 0 Å². The van der Waals surface area contributed by atoms with Crippen molar-refractivity contribution in [1.29, 1.82) is 0 Å². The molecule has 0 saturated carbocycles. The molecule has 0 spiro atoms. The molecule has 1 aromatic rings. The molecule has 18 heavy (non-hydrogen) atoms. The first-order valence-corrected chi connectivity index (χ1v) is 6.82. The molecule has 0 radical (unpaired) electrons. The minimum Gasteiger partial charge on any atom is -0.377 e. The average molecular weight is 253 g/mol. The van der Waals surface area contributed by atoms with E-state index in [1.54, 1.807) is 7.11 Å². The number of hydrogen-bond donors (Lipinski definition) is 1. The Morgan fingerprint density at radius 1 is 1.50 bits per heavy atom. The van der Waals surface area contributed by atoms with E-state index in [1.807, 2.05) is 17.9 Å². The molecule has 0 bridgehead atoms. The summed E-state index contributed by atoms with van der Waals surface area (Å²) in [5, 5.41) is 8.06. The average Bonchev–Trinajstić information content (AvgIpc) is 2.79. The van der Waals surface area contributed by atoms with Gasteiger partial charge in [-0.25, -0.2) is 0 Å². The SMILES string of the molecule is CCCNC(Cc1ccn(C)n1)C(C)(CC)OC. The highest BCUT2D eigenvalue weighted by atomic mass is 16.5. The molecule has 1 rings (SSSR count). The molecule has 0 aliphatic rings. The van der Waals surface area contributed by atoms with Crippen LogP contribution in [0.4, 0.5) is 0 Å². The van der Waals surface area contributed by atoms with Crippen molar-refractivity contribution in [3.63, 3.8) is 0 Å². The highest BCUT2D eigenvalue weighted by Gasteiger charge is 2.32. The number of nitrogens with one attached hydrogen (secondary N) is 1. The fraction of sp³-hybridized carbons (Fsp3) is 0.786. The van der Waals surface area contributed by atoms with Crippen LogP contribution in [0.15, 0.2) is 12.3 Å². The first kappa shape index (κ1) is 15.2. The second-order valence-corrected chi connectivity index (χ2v) is 5.06. The van der Waals surface area contributed by atoms with Crippen molar-refractivity contribution in [3.8, 4) is 0 Å². The van der Waals surface area contributed by atoms with Crippen LogP contribution in [-0.4, -0.2) is 35.1 Å². The number of nitrogens with zero attached hydrogens (tertiary/aromatic N) is 2. The topological polar surface area (TPSA) is 39.1 Å². The van der Waals surface area contributed by atoms with Crippen LogP contribution in [0.2, 0.25) is 0 Å². The molecule has 1 N–H and O–H groups in total. The number of ether oxygens (including phenoxy) is 1. The molecule has 0 aliphatic carbocycles. The second kappa shape index (κ2) is 6.90. The summed E-state index contributed by atoms with van der Waals surface area (Å²) in [5.74, 6) is 0. The van der Waals surface area contributed by atoms with Crippen LogP contribution in [0.25, 0.3) is 0 Å². The molecule has 0 aromatic carbocycles. The van der Waals surface area contributed by atoms with Gasteiger partial charge in [0.15, 0.2) is 0 Å². The maximum atomic E-state index is 5.73. The fourth-order valence-corrected chi connectivity index (χ4v) is 2.14. The molecule has 0 aliphatic heterocycles. The predicted octanol–water partition coefficient (Wildman–Crippen LogP) is 2.15. The van der Waals surface area contributed by atoms with Gasteiger partial charge < -0.3 is 10.1 Å². The Morgan fingerprint density at radius 3 is 2.67 bits per heavy atom. The highest BCUT2D eigenvalue weighted by molar-refractivity contribution is 5.05. The molecule has 1 heterocycles. The standard InChI is InChI=1S/C14H27N3O/c1-6-9-15-13(14(3,7-2)18-5)11-12-8-10-17(4)16-12/h8,10,13,15H,6-7,9,11H2,1-5H3. The Labute approximate surface area is 111 Å². The van der Waals surface area contributed by atoms with Crippen LogP contribution in [0.3, 0.4) is 0 Å². The van der Waals surface area contributed by atoms with E-state index in [9.17, 15) is 0 Å². The smallest absolute Gasteiger partial charge is 0.0804 e. The number of aryl methyl sites for hydroxylation is 1. The summed E-state index contributed by atoms with van der Waals surface area (Å²) in [5.41, 5.74) is 0.968. The summed E-state index contributed by atoms with van der Waals surface area (Å²) in [7, 11) is 3.75. The lowest BCUT2D eigenvalue weighted by atomic mass is 9.89. The number of aromatic nitrogens is 2. The minimum atomic E-state index is -0.146. The Balaban J connectivity index is 2.77. The van der Waals surface area contributed by atoms with E-state index >= 15 is 0 Å². The molecule has 1 aromatic heterocycles. The van der Waals surface area contributed by atoms with Gasteiger partial charge in [0, 0.05) is 32.8 Å². The maximum absolute atomic E-state index is 5.73. The van der Waals surface area contributed by atoms with Crippen molar-refractivity contribution in [2.75, 3.05) is 13.7 Å². The maximum Gasteiger partial charge on any atom is 0.0804 e. The van der Waals surface area contributed by atoms with Gasteiger partial charge in [0.1, 0.15) is 0 Å². The zero-order chi connectivity index (χ0) is 13.6. The number of rotatable bonds is 8. The molecule has 4 nitrogen and oxygen atoms in total. The molecule has 0 saturated heterocycles. The van der Waals surface area contributed by atoms with E-state index in [-0.39, 0.29) is 5.60 Å². The van der Waals surface area contributed by atoms with Crippen molar-refractivity contribution in [2.24, 2.45) is 7.05 Å². The Morgan fingerprint density at radius 2 is 2.22 bits per heavy atom. The van der Waals surface area contributed by atoms with E-state index in [4.69, 9.17) is 4.74 Å². The highest BCUT2D eigenvalue weighted by Crippen LogP contribution is 2.22. The first-order chi connectivity index (χ1) is 8.55. The summed E-state index contributed by atoms with van der Waals surface area (Å²) in [6, 6.07) is 2.37. The van der Waals surface area contributed by atoms with Crippen LogP contribution in [0.1, 0.15) is 39.3 Å². The summed E-state index contributed by atoms with van der Waals surface area (Å²) in [6.45, 7) is 7.53. The summed E-state index contributed by atoms with van der Waals surface area (Å²) in [4.78, 5) is 0. The van der Waals surface area contributed by atoms with Crippen LogP contribution in [0, 0.1) is 0 Å². The van der Waals surface area contributed by atoms with Gasteiger partial charge in [0.25, 0.3) is 0 Å². The van der Waals surface area contributed by atoms with Gasteiger partial charge in [-0.2, -0.15) is 5.10 Å². The van der Waals surface area contributed by atoms with Crippen molar-refractivity contribution in [1.82, 2.24) is 15.1 Å². The lowest BCUT2D eigenvalue weighted by molar-refractivity contribution is -0.0289. The van der Waals surface area contributed by atoms with Crippen molar-refractivity contribution < 1.29 is 4.74 Å². The third-order valence-corrected chi connectivity index (χ3v) is 3.73. The summed E-state index contributed by atoms with van der Waals surface area (Å²) in [6.07, 6.45) is 5.00. The quantitative estimate of drug-likeness (QED) is 0.771. The van der Waals surface area contributed by atoms with Crippen molar-refractivity contribution in [3.05, 3.63) is 18.0 Å². The molecule has 104 valence electrons. The minimum absolute atomic E-state index is 0.146. The van der Waals surface area contributed by atoms with E-state index in [0.29, 0.717) is 6.04 Å². The van der Waals surface area contributed by atoms with Crippen molar-refractivity contribution in [2.45, 2.75) is 51.7 Å². The zero-order valence-electron chi connectivity index (χ0n) is 12.4. The van der Waals surface area contributed by atoms with E-state index in [2.05, 4.69) is 37.3 Å². The van der Waals surface area contributed by atoms with Gasteiger partial charge in [0.05, 0.1) is 11.3 Å². The van der Waals surface area contributed by atoms with Crippen LogP contribution in [0.5, 0.6) is 0 Å². The molecule has 2 atom stereocenters. The molecule has 0 amide bonds. The van der Waals surface area contributed by atoms with E-state index in [1.165, 1.54) is 0 Å². The van der Waals surface area contributed by atoms with Crippen molar-refractivity contribution >= 4 is 0 Å². The Bertz CT molecular complexity index is 345. The van der Waals surface area contributed by atoms with Crippen LogP contribution < -0.4 is 5.32 Å². The largest absolute Gasteiger partial charge is 0.377 e. The predicted molar refractivity (Wildman–Crippen MR) is 74.7 cm³/mol. The molecule has 0 fully saturated rings. The van der Waals surface area contributed by atoms with Crippen LogP contribution in [-0.2, 0) is 18.2 Å². The Hall–Kier alpha value is -0.870. The van der Waals surface area contributed by atoms with E-state index < -0.39 is 0 Å². The zero-order valence-corrected chi connectivity index (χ0v) is 12.4. The monoisotopic (exact) mass is 253 g/mol. The molecule has 4 heteroatoms. The number of methoxy groups -OCH3 is 1. The van der Waals surface area contributed by atoms with Gasteiger partial charge in [-0.1, -0.05) is 13.8 Å². The molecular weight excluding hydrogens is 226 g/mol. The third kappa shape index (κ3) is 3.82. The van der Waals surface area contributed by atoms with Gasteiger partial charge in [-0.3, -0.25) is 4.68 Å². The summed E-state index contributed by atoms with van der Waals surface area (Å²) < 4.78 is 7.58. The molecular formula is C14H27N3O. The second-order valence-electron chi connectivity index (χ2n) is 5.06. The fourth-order valence-electron chi connectivity index (χ4n) is 2.14. The summed E-state index contributed by atoms with van der Waals surface area (Å²) >= 11 is 0. The lowest BCUT2D eigenvalue weighted by Gasteiger charge is -2.36. The van der Waals surface area contributed by atoms with Gasteiger partial charge in [-0.15, -0.1) is 0 Å². The molecule has 2 unspecified atom stereocenters. The van der Waals surface area contributed by atoms with Gasteiger partial charge >= 0.3 is 0 Å².